The predicted octanol–water partition coefficient (Wildman–Crippen LogP) is 4.74. The molecule has 0 saturated carbocycles. The first-order valence-electron chi connectivity index (χ1n) is 17.9. The second kappa shape index (κ2) is 18.6. The number of quaternary nitrogens is 1. The molecule has 0 bridgehead atoms. The number of carbonyl (C=O) groups is 2. The third-order valence-electron chi connectivity index (χ3n) is 9.38. The van der Waals surface area contributed by atoms with Crippen molar-refractivity contribution in [2.24, 2.45) is 5.92 Å². The number of sulfonamides is 1. The quantitative estimate of drug-likeness (QED) is 0.0821. The van der Waals surface area contributed by atoms with Crippen LogP contribution in [0.25, 0.3) is 10.2 Å². The molecule has 7 N–H and O–H groups in total. The van der Waals surface area contributed by atoms with E-state index in [2.05, 4.69) is 42.0 Å². The maximum atomic E-state index is 13.5. The second-order valence-electron chi connectivity index (χ2n) is 13.6. The Labute approximate surface area is 342 Å². The van der Waals surface area contributed by atoms with E-state index in [0.717, 1.165) is 50.4 Å². The smallest absolute Gasteiger partial charge is 0.284 e. The van der Waals surface area contributed by atoms with Crippen LogP contribution in [-0.2, 0) is 29.4 Å². The van der Waals surface area contributed by atoms with Crippen molar-refractivity contribution >= 4 is 82.4 Å². The van der Waals surface area contributed by atoms with E-state index in [0.29, 0.717) is 47.5 Å². The fraction of sp³-hybridized carbons (Fsp3) is 0.256. The summed E-state index contributed by atoms with van der Waals surface area (Å²) >= 11 is 4.37. The van der Waals surface area contributed by atoms with E-state index in [-0.39, 0.29) is 33.6 Å². The van der Waals surface area contributed by atoms with Crippen LogP contribution in [0, 0.1) is 5.92 Å². The lowest BCUT2D eigenvalue weighted by atomic mass is 9.94. The van der Waals surface area contributed by atoms with E-state index >= 15 is 0 Å². The Balaban J connectivity index is 0.00000549. The first kappa shape index (κ1) is 41.8. The molecule has 0 radical (unpaired) electrons. The number of aromatic nitrogens is 3. The lowest BCUT2D eigenvalue weighted by molar-refractivity contribution is -0.826. The summed E-state index contributed by atoms with van der Waals surface area (Å²) in [6, 6.07) is 24.8. The van der Waals surface area contributed by atoms with E-state index in [1.54, 1.807) is 17.8 Å². The van der Waals surface area contributed by atoms with Gasteiger partial charge in [0.2, 0.25) is 0 Å². The van der Waals surface area contributed by atoms with E-state index in [1.165, 1.54) is 40.3 Å². The van der Waals surface area contributed by atoms with Gasteiger partial charge >= 0.3 is 0 Å². The van der Waals surface area contributed by atoms with Crippen LogP contribution in [0.15, 0.2) is 100 Å². The van der Waals surface area contributed by atoms with Gasteiger partial charge < -0.3 is 15.3 Å². The van der Waals surface area contributed by atoms with Crippen molar-refractivity contribution < 1.29 is 34.2 Å². The van der Waals surface area contributed by atoms with Crippen molar-refractivity contribution in [2.75, 3.05) is 43.2 Å². The Morgan fingerprint density at radius 3 is 2.60 bits per heavy atom. The average molecular weight is 848 g/mol. The van der Waals surface area contributed by atoms with Crippen molar-refractivity contribution in [2.45, 2.75) is 35.6 Å². The maximum absolute atomic E-state index is 13.5. The van der Waals surface area contributed by atoms with Gasteiger partial charge in [-0.05, 0) is 87.3 Å². The molecular weight excluding hydrogens is 805 g/mol. The van der Waals surface area contributed by atoms with Gasteiger partial charge in [-0.15, -0.1) is 23.1 Å². The van der Waals surface area contributed by atoms with Gasteiger partial charge in [-0.25, -0.2) is 28.3 Å². The molecule has 1 aliphatic rings. The molecule has 0 unspecified atom stereocenters. The molecule has 3 aromatic heterocycles. The molecule has 0 fully saturated rings. The van der Waals surface area contributed by atoms with Crippen LogP contribution < -0.4 is 20.4 Å². The largest absolute Gasteiger partial charge is 0.412 e. The van der Waals surface area contributed by atoms with Crippen LogP contribution in [0.2, 0.25) is 0 Å². The summed E-state index contributed by atoms with van der Waals surface area (Å²) in [7, 11) is -0.324. The van der Waals surface area contributed by atoms with E-state index in [1.807, 2.05) is 73.6 Å². The third kappa shape index (κ3) is 10.2. The SMILES string of the molecule is CN(C)CC[C@H](CSc1ccccc1)Cc1ncc(S(=O)(=O)NC(=O)c2csc(N3CCc4cccc(C(=O)Nc5nc6ccccc6s5)c4C3)n2)cc1[NH2+]O.O. The molecule has 57 heavy (non-hydrogen) atoms. The minimum absolute atomic E-state index is 0. The average Bonchev–Trinajstić information content (AvgIpc) is 3.86. The standard InChI is InChI=1S/C39H40N8O5S4.H2O/c1-46(2)17-15-25(23-53-27-10-4-3-5-11-27)19-32-33(44-50)20-28(21-40-32)56(51,52)45-37(49)34-24-54-39(42-34)47-18-16-26-9-8-12-29(30(26)22-47)36(48)43-38-41-31-13-6-7-14-35(31)55-38;/h3-14,20-21,24-25,44,50H,15-19,22-23H2,1-2H3,(H,45,49)(H,41,43,48);1H2/p+1/t25-;/m0./s1. The number of pyridine rings is 1. The number of fused-ring (bicyclic) bond motifs is 2. The van der Waals surface area contributed by atoms with E-state index < -0.39 is 15.9 Å². The number of anilines is 2. The zero-order chi connectivity index (χ0) is 39.2. The van der Waals surface area contributed by atoms with Crippen LogP contribution in [-0.4, -0.2) is 83.7 Å². The number of thioether (sulfide) groups is 1. The highest BCUT2D eigenvalue weighted by Crippen LogP contribution is 2.31. The molecule has 0 spiro atoms. The number of amides is 2. The Bertz CT molecular complexity index is 2430. The van der Waals surface area contributed by atoms with Gasteiger partial charge in [-0.3, -0.25) is 19.9 Å². The third-order valence-corrected chi connectivity index (χ3v) is 13.8. The van der Waals surface area contributed by atoms with E-state index in [4.69, 9.17) is 0 Å². The molecule has 0 saturated heterocycles. The number of hydrogen-bond acceptors (Lipinski definition) is 13. The van der Waals surface area contributed by atoms with Crippen molar-refractivity contribution in [3.8, 4) is 0 Å². The zero-order valence-electron chi connectivity index (χ0n) is 31.2. The molecule has 18 heteroatoms. The molecule has 4 heterocycles. The maximum Gasteiger partial charge on any atom is 0.284 e. The highest BCUT2D eigenvalue weighted by atomic mass is 32.2. The molecule has 2 amide bonds. The second-order valence-corrected chi connectivity index (χ2v) is 18.3. The van der Waals surface area contributed by atoms with Crippen molar-refractivity contribution in [1.82, 2.24) is 24.6 Å². The molecule has 14 nitrogen and oxygen atoms in total. The summed E-state index contributed by atoms with van der Waals surface area (Å²) in [5.41, 5.74) is 4.89. The Hall–Kier alpha value is -4.79. The summed E-state index contributed by atoms with van der Waals surface area (Å²) in [6.45, 7) is 1.84. The Morgan fingerprint density at radius 2 is 1.82 bits per heavy atom. The van der Waals surface area contributed by atoms with Crippen LogP contribution in [0.1, 0.15) is 44.1 Å². The number of hydrogen-bond donors (Lipinski definition) is 4. The first-order valence-corrected chi connectivity index (χ1v) is 22.1. The van der Waals surface area contributed by atoms with Crippen LogP contribution in [0.5, 0.6) is 0 Å². The van der Waals surface area contributed by atoms with Crippen molar-refractivity contribution in [1.29, 1.82) is 0 Å². The fourth-order valence-electron chi connectivity index (χ4n) is 6.40. The number of rotatable bonds is 15. The topological polar surface area (TPSA) is 206 Å². The molecule has 1 atom stereocenters. The lowest BCUT2D eigenvalue weighted by Crippen LogP contribution is -2.74. The minimum Gasteiger partial charge on any atom is -0.412 e. The number of benzene rings is 3. The van der Waals surface area contributed by atoms with Gasteiger partial charge in [-0.2, -0.15) is 5.48 Å². The summed E-state index contributed by atoms with van der Waals surface area (Å²) in [5.74, 6) is -0.123. The van der Waals surface area contributed by atoms with Crippen LogP contribution in [0.3, 0.4) is 0 Å². The Kier molecular flexibility index (Phi) is 13.7. The first-order chi connectivity index (χ1) is 27.1. The number of nitrogens with one attached hydrogen (secondary N) is 2. The van der Waals surface area contributed by atoms with E-state index in [9.17, 15) is 23.2 Å². The molecule has 1 aliphatic heterocycles. The lowest BCUT2D eigenvalue weighted by Gasteiger charge is -2.29. The monoisotopic (exact) mass is 847 g/mol. The highest BCUT2D eigenvalue weighted by molar-refractivity contribution is 7.99. The normalized spacial score (nSPS) is 13.2. The number of thiazole rings is 2. The van der Waals surface area contributed by atoms with Crippen molar-refractivity contribution in [3.05, 3.63) is 119 Å². The number of nitrogens with zero attached hydrogens (tertiary/aromatic N) is 5. The number of nitrogens with two attached hydrogens (primary N) is 1. The molecule has 7 rings (SSSR count). The fourth-order valence-corrected chi connectivity index (χ4v) is 10.1. The van der Waals surface area contributed by atoms with Crippen LogP contribution in [0.4, 0.5) is 16.0 Å². The molecule has 298 valence electrons. The number of carbonyl (C=O) groups excluding carboxylic acids is 2. The van der Waals surface area contributed by atoms with Gasteiger partial charge in [0.05, 0.1) is 10.2 Å². The summed E-state index contributed by atoms with van der Waals surface area (Å²) in [5, 5.41) is 15.6. The molecular formula is C39H43N8O6S4+. The Morgan fingerprint density at radius 1 is 1.04 bits per heavy atom. The molecule has 6 aromatic rings. The highest BCUT2D eigenvalue weighted by Gasteiger charge is 2.28. The van der Waals surface area contributed by atoms with Gasteiger partial charge in [0.25, 0.3) is 21.8 Å². The van der Waals surface area contributed by atoms with Gasteiger partial charge in [0, 0.05) is 46.9 Å². The summed E-state index contributed by atoms with van der Waals surface area (Å²) in [6.07, 6.45) is 3.29. The van der Waals surface area contributed by atoms with Gasteiger partial charge in [-0.1, -0.05) is 53.8 Å². The van der Waals surface area contributed by atoms with Gasteiger partial charge in [0.1, 0.15) is 16.3 Å². The van der Waals surface area contributed by atoms with Crippen LogP contribution >= 0.6 is 34.4 Å². The summed E-state index contributed by atoms with van der Waals surface area (Å²) < 4.78 is 30.0. The van der Waals surface area contributed by atoms with Gasteiger partial charge in [0.15, 0.2) is 16.0 Å². The number of para-hydroxylation sites is 1. The zero-order valence-corrected chi connectivity index (χ0v) is 34.5. The molecule has 3 aromatic carbocycles. The summed E-state index contributed by atoms with van der Waals surface area (Å²) in [4.78, 5) is 45.2. The predicted molar refractivity (Wildman–Crippen MR) is 224 cm³/mol. The molecule has 0 aliphatic carbocycles. The minimum atomic E-state index is -4.36. The van der Waals surface area contributed by atoms with Crippen molar-refractivity contribution in [3.63, 3.8) is 0 Å².